The van der Waals surface area contributed by atoms with Crippen molar-refractivity contribution in [3.8, 4) is 0 Å². The highest BCUT2D eigenvalue weighted by atomic mass is 32.1. The van der Waals surface area contributed by atoms with Crippen molar-refractivity contribution in [3.63, 3.8) is 0 Å². The van der Waals surface area contributed by atoms with Gasteiger partial charge in [0, 0.05) is 30.5 Å². The van der Waals surface area contributed by atoms with Crippen LogP contribution in [0.15, 0.2) is 12.4 Å². The lowest BCUT2D eigenvalue weighted by molar-refractivity contribution is 0.739. The first kappa shape index (κ1) is 10.1. The summed E-state index contributed by atoms with van der Waals surface area (Å²) in [6.45, 7) is 5.66. The fourth-order valence-electron chi connectivity index (χ4n) is 1.34. The number of hydrogen-bond donors (Lipinski definition) is 1. The lowest BCUT2D eigenvalue weighted by Crippen LogP contribution is -2.05. The van der Waals surface area contributed by atoms with Crippen molar-refractivity contribution in [2.75, 3.05) is 11.9 Å². The van der Waals surface area contributed by atoms with Gasteiger partial charge in [0.2, 0.25) is 0 Å². The van der Waals surface area contributed by atoms with Gasteiger partial charge in [-0.25, -0.2) is 4.98 Å². The summed E-state index contributed by atoms with van der Waals surface area (Å²) in [6, 6.07) is 0. The first-order chi connectivity index (χ1) is 7.31. The molecule has 0 unspecified atom stereocenters. The van der Waals surface area contributed by atoms with Crippen LogP contribution in [0.2, 0.25) is 0 Å². The standard InChI is InChI=1S/C9H13N5S/c1-3-10-9-8(12-13-15-9)6-14-5-4-11-7(14)2/h4-5,10H,3,6H2,1-2H3. The van der Waals surface area contributed by atoms with Gasteiger partial charge in [-0.15, -0.1) is 5.10 Å². The molecule has 2 aromatic rings. The van der Waals surface area contributed by atoms with Gasteiger partial charge in [0.25, 0.3) is 0 Å². The Morgan fingerprint density at radius 3 is 3.07 bits per heavy atom. The zero-order chi connectivity index (χ0) is 10.7. The van der Waals surface area contributed by atoms with E-state index in [1.54, 1.807) is 6.20 Å². The molecule has 0 bridgehead atoms. The second kappa shape index (κ2) is 4.39. The van der Waals surface area contributed by atoms with E-state index >= 15 is 0 Å². The summed E-state index contributed by atoms with van der Waals surface area (Å²) in [5.41, 5.74) is 0.975. The van der Waals surface area contributed by atoms with Crippen LogP contribution < -0.4 is 5.32 Å². The van der Waals surface area contributed by atoms with Crippen LogP contribution in [0.1, 0.15) is 18.4 Å². The van der Waals surface area contributed by atoms with E-state index in [1.165, 1.54) is 11.5 Å². The van der Waals surface area contributed by atoms with Gasteiger partial charge in [0.15, 0.2) is 0 Å². The Kier molecular flexibility index (Phi) is 2.96. The monoisotopic (exact) mass is 223 g/mol. The molecule has 15 heavy (non-hydrogen) atoms. The van der Waals surface area contributed by atoms with Gasteiger partial charge in [-0.05, 0) is 13.8 Å². The van der Waals surface area contributed by atoms with E-state index in [0.717, 1.165) is 29.6 Å². The Bertz CT molecular complexity index is 433. The first-order valence-corrected chi connectivity index (χ1v) is 5.61. The third-order valence-electron chi connectivity index (χ3n) is 2.14. The molecule has 0 radical (unpaired) electrons. The maximum Gasteiger partial charge on any atom is 0.135 e. The topological polar surface area (TPSA) is 55.6 Å². The van der Waals surface area contributed by atoms with Crippen LogP contribution in [0.3, 0.4) is 0 Å². The normalized spacial score (nSPS) is 10.5. The Hall–Kier alpha value is -1.43. The van der Waals surface area contributed by atoms with Crippen molar-refractivity contribution in [3.05, 3.63) is 23.9 Å². The number of nitrogens with one attached hydrogen (secondary N) is 1. The molecule has 0 fully saturated rings. The van der Waals surface area contributed by atoms with Gasteiger partial charge < -0.3 is 9.88 Å². The summed E-state index contributed by atoms with van der Waals surface area (Å²) in [6.07, 6.45) is 3.74. The number of anilines is 1. The summed E-state index contributed by atoms with van der Waals surface area (Å²) in [5.74, 6) is 0.991. The van der Waals surface area contributed by atoms with Crippen molar-refractivity contribution in [2.45, 2.75) is 20.4 Å². The summed E-state index contributed by atoms with van der Waals surface area (Å²) < 4.78 is 6.00. The number of nitrogens with zero attached hydrogens (tertiary/aromatic N) is 4. The zero-order valence-electron chi connectivity index (χ0n) is 8.77. The molecule has 0 spiro atoms. The fraction of sp³-hybridized carbons (Fsp3) is 0.444. The predicted molar refractivity (Wildman–Crippen MR) is 60.1 cm³/mol. The Balaban J connectivity index is 2.17. The highest BCUT2D eigenvalue weighted by Gasteiger charge is 2.08. The molecular formula is C9H13N5S. The highest BCUT2D eigenvalue weighted by Crippen LogP contribution is 2.18. The summed E-state index contributed by atoms with van der Waals surface area (Å²) in [5, 5.41) is 8.40. The van der Waals surface area contributed by atoms with Gasteiger partial charge in [-0.1, -0.05) is 4.49 Å². The van der Waals surface area contributed by atoms with Gasteiger partial charge in [-0.3, -0.25) is 0 Å². The lowest BCUT2D eigenvalue weighted by atomic mass is 10.4. The van der Waals surface area contributed by atoms with Crippen molar-refractivity contribution >= 4 is 16.5 Å². The molecule has 2 rings (SSSR count). The molecule has 0 aliphatic heterocycles. The molecule has 5 nitrogen and oxygen atoms in total. The Labute approximate surface area is 92.3 Å². The van der Waals surface area contributed by atoms with E-state index in [1.807, 2.05) is 13.1 Å². The van der Waals surface area contributed by atoms with Crippen LogP contribution >= 0.6 is 11.5 Å². The van der Waals surface area contributed by atoms with E-state index in [2.05, 4.69) is 31.4 Å². The number of imidazole rings is 1. The second-order valence-electron chi connectivity index (χ2n) is 3.18. The molecule has 80 valence electrons. The van der Waals surface area contributed by atoms with Crippen LogP contribution in [0, 0.1) is 6.92 Å². The first-order valence-electron chi connectivity index (χ1n) is 4.84. The van der Waals surface area contributed by atoms with Crippen LogP contribution in [-0.2, 0) is 6.54 Å². The molecule has 2 heterocycles. The van der Waals surface area contributed by atoms with Gasteiger partial charge in [0.05, 0.1) is 6.54 Å². The van der Waals surface area contributed by atoms with E-state index < -0.39 is 0 Å². The molecule has 0 aliphatic rings. The maximum absolute atomic E-state index is 4.17. The summed E-state index contributed by atoms with van der Waals surface area (Å²) in [7, 11) is 0. The van der Waals surface area contributed by atoms with Crippen LogP contribution in [0.5, 0.6) is 0 Å². The van der Waals surface area contributed by atoms with Gasteiger partial charge in [0.1, 0.15) is 16.5 Å². The van der Waals surface area contributed by atoms with E-state index in [0.29, 0.717) is 0 Å². The summed E-state index contributed by atoms with van der Waals surface area (Å²) >= 11 is 1.40. The molecule has 0 aliphatic carbocycles. The Morgan fingerprint density at radius 2 is 2.40 bits per heavy atom. The number of hydrogen-bond acceptors (Lipinski definition) is 5. The predicted octanol–water partition coefficient (Wildman–Crippen LogP) is 1.52. The maximum atomic E-state index is 4.17. The molecule has 0 saturated carbocycles. The van der Waals surface area contributed by atoms with Crippen molar-refractivity contribution in [1.82, 2.24) is 19.1 Å². The van der Waals surface area contributed by atoms with Gasteiger partial charge >= 0.3 is 0 Å². The molecular weight excluding hydrogens is 210 g/mol. The molecule has 0 atom stereocenters. The average molecular weight is 223 g/mol. The minimum absolute atomic E-state index is 0.727. The second-order valence-corrected chi connectivity index (χ2v) is 3.94. The zero-order valence-corrected chi connectivity index (χ0v) is 9.58. The molecule has 6 heteroatoms. The minimum Gasteiger partial charge on any atom is -0.374 e. The third kappa shape index (κ3) is 2.15. The van der Waals surface area contributed by atoms with Crippen LogP contribution in [0.25, 0.3) is 0 Å². The molecule has 0 aromatic carbocycles. The van der Waals surface area contributed by atoms with Crippen molar-refractivity contribution in [1.29, 1.82) is 0 Å². The van der Waals surface area contributed by atoms with Crippen molar-refractivity contribution in [2.24, 2.45) is 0 Å². The van der Waals surface area contributed by atoms with E-state index in [4.69, 9.17) is 0 Å². The fourth-order valence-corrected chi connectivity index (χ4v) is 1.98. The molecule has 0 amide bonds. The third-order valence-corrected chi connectivity index (χ3v) is 2.86. The lowest BCUT2D eigenvalue weighted by Gasteiger charge is -2.04. The molecule has 2 aromatic heterocycles. The van der Waals surface area contributed by atoms with Crippen LogP contribution in [0.4, 0.5) is 5.00 Å². The van der Waals surface area contributed by atoms with E-state index in [-0.39, 0.29) is 0 Å². The average Bonchev–Trinajstić information content (AvgIpc) is 2.80. The number of aryl methyl sites for hydroxylation is 1. The number of aromatic nitrogens is 4. The largest absolute Gasteiger partial charge is 0.374 e. The summed E-state index contributed by atoms with van der Waals surface area (Å²) in [4.78, 5) is 4.17. The molecule has 1 N–H and O–H groups in total. The van der Waals surface area contributed by atoms with Crippen LogP contribution in [-0.4, -0.2) is 25.7 Å². The molecule has 0 saturated heterocycles. The van der Waals surface area contributed by atoms with E-state index in [9.17, 15) is 0 Å². The highest BCUT2D eigenvalue weighted by molar-refractivity contribution is 7.10. The SMILES string of the molecule is CCNc1snnc1Cn1ccnc1C. The smallest absolute Gasteiger partial charge is 0.135 e. The minimum atomic E-state index is 0.727. The van der Waals surface area contributed by atoms with Crippen molar-refractivity contribution < 1.29 is 0 Å². The van der Waals surface area contributed by atoms with Gasteiger partial charge in [-0.2, -0.15) is 0 Å². The number of rotatable bonds is 4. The Morgan fingerprint density at radius 1 is 1.53 bits per heavy atom. The quantitative estimate of drug-likeness (QED) is 0.854.